The Morgan fingerprint density at radius 2 is 2.38 bits per heavy atom. The number of aliphatic hydroxyl groups is 1. The van der Waals surface area contributed by atoms with E-state index in [4.69, 9.17) is 5.11 Å². The van der Waals surface area contributed by atoms with E-state index in [1.165, 1.54) is 4.70 Å². The van der Waals surface area contributed by atoms with Crippen molar-refractivity contribution in [2.24, 2.45) is 0 Å². The molecule has 0 aliphatic heterocycles. The highest BCUT2D eigenvalue weighted by atomic mass is 32.1. The molecule has 0 atom stereocenters. The molecule has 2 aromatic heterocycles. The molecule has 1 N–H and O–H groups in total. The van der Waals surface area contributed by atoms with Crippen molar-refractivity contribution < 1.29 is 5.11 Å². The van der Waals surface area contributed by atoms with Gasteiger partial charge in [0.25, 0.3) is 0 Å². The van der Waals surface area contributed by atoms with Crippen molar-refractivity contribution in [3.63, 3.8) is 0 Å². The van der Waals surface area contributed by atoms with Gasteiger partial charge in [-0.05, 0) is 23.4 Å². The Labute approximate surface area is 79.9 Å². The van der Waals surface area contributed by atoms with Gasteiger partial charge in [0.1, 0.15) is 12.3 Å². The lowest BCUT2D eigenvalue weighted by atomic mass is 10.2. The first-order valence-electron chi connectivity index (χ1n) is 3.84. The molecule has 2 rings (SSSR count). The molecule has 2 nitrogen and oxygen atoms in total. The van der Waals surface area contributed by atoms with Crippen molar-refractivity contribution in [1.29, 1.82) is 0 Å². The molecule has 0 aromatic carbocycles. The van der Waals surface area contributed by atoms with Gasteiger partial charge < -0.3 is 5.11 Å². The lowest BCUT2D eigenvalue weighted by molar-refractivity contribution is 0.350. The molecular formula is C10H7NOS. The zero-order valence-electron chi connectivity index (χ0n) is 6.82. The molecule has 2 heterocycles. The highest BCUT2D eigenvalue weighted by Crippen LogP contribution is 2.21. The molecule has 0 amide bonds. The Hall–Kier alpha value is -1.37. The molecule has 3 heteroatoms. The summed E-state index contributed by atoms with van der Waals surface area (Å²) in [4.78, 5) is 4.14. The van der Waals surface area contributed by atoms with Gasteiger partial charge >= 0.3 is 0 Å². The van der Waals surface area contributed by atoms with Crippen molar-refractivity contribution >= 4 is 21.4 Å². The molecule has 64 valence electrons. The predicted molar refractivity (Wildman–Crippen MR) is 53.6 cm³/mol. The van der Waals surface area contributed by atoms with Crippen molar-refractivity contribution in [3.8, 4) is 11.8 Å². The van der Waals surface area contributed by atoms with Crippen molar-refractivity contribution in [2.45, 2.75) is 0 Å². The quantitative estimate of drug-likeness (QED) is 0.639. The lowest BCUT2D eigenvalue weighted by Crippen LogP contribution is -1.82. The van der Waals surface area contributed by atoms with Gasteiger partial charge in [0.05, 0.1) is 0 Å². The van der Waals surface area contributed by atoms with Crippen LogP contribution in [0.1, 0.15) is 5.69 Å². The van der Waals surface area contributed by atoms with Crippen LogP contribution in [0.4, 0.5) is 0 Å². The Balaban J connectivity index is 2.61. The van der Waals surface area contributed by atoms with Gasteiger partial charge in [0, 0.05) is 16.3 Å². The number of nitrogens with zero attached hydrogens (tertiary/aromatic N) is 1. The number of aliphatic hydroxyl groups excluding tert-OH is 1. The second-order valence-corrected chi connectivity index (χ2v) is 3.40. The summed E-state index contributed by atoms with van der Waals surface area (Å²) in [6, 6.07) is 3.96. The summed E-state index contributed by atoms with van der Waals surface area (Å²) in [5.74, 6) is 5.41. The number of hydrogen-bond acceptors (Lipinski definition) is 3. The van der Waals surface area contributed by atoms with E-state index >= 15 is 0 Å². The van der Waals surface area contributed by atoms with Crippen LogP contribution < -0.4 is 0 Å². The SMILES string of the molecule is OCC#Cc1nccc2sccc12. The van der Waals surface area contributed by atoms with E-state index in [0.29, 0.717) is 0 Å². The molecule has 13 heavy (non-hydrogen) atoms. The lowest BCUT2D eigenvalue weighted by Gasteiger charge is -1.91. The van der Waals surface area contributed by atoms with E-state index in [0.717, 1.165) is 11.1 Å². The highest BCUT2D eigenvalue weighted by molar-refractivity contribution is 7.17. The van der Waals surface area contributed by atoms with Gasteiger partial charge in [-0.2, -0.15) is 0 Å². The van der Waals surface area contributed by atoms with E-state index in [2.05, 4.69) is 16.8 Å². The van der Waals surface area contributed by atoms with Gasteiger partial charge in [-0.15, -0.1) is 11.3 Å². The molecule has 0 unspecified atom stereocenters. The van der Waals surface area contributed by atoms with Gasteiger partial charge in [-0.25, -0.2) is 4.98 Å². The molecule has 0 radical (unpaired) electrons. The second kappa shape index (κ2) is 3.56. The Morgan fingerprint density at radius 3 is 3.23 bits per heavy atom. The molecule has 0 saturated carbocycles. The third kappa shape index (κ3) is 1.55. The number of hydrogen-bond donors (Lipinski definition) is 1. The molecular weight excluding hydrogens is 182 g/mol. The molecule has 0 fully saturated rings. The van der Waals surface area contributed by atoms with Gasteiger partial charge in [-0.1, -0.05) is 5.92 Å². The first-order valence-corrected chi connectivity index (χ1v) is 4.72. The summed E-state index contributed by atoms with van der Waals surface area (Å²) in [7, 11) is 0. The first kappa shape index (κ1) is 8.24. The summed E-state index contributed by atoms with van der Waals surface area (Å²) >= 11 is 1.66. The summed E-state index contributed by atoms with van der Waals surface area (Å²) in [6.45, 7) is -0.123. The minimum atomic E-state index is -0.123. The first-order chi connectivity index (χ1) is 6.42. The third-order valence-electron chi connectivity index (χ3n) is 1.67. The minimum absolute atomic E-state index is 0.123. The molecule has 0 saturated heterocycles. The number of thiophene rings is 1. The van der Waals surface area contributed by atoms with Crippen molar-refractivity contribution in [3.05, 3.63) is 29.4 Å². The zero-order valence-corrected chi connectivity index (χ0v) is 7.64. The molecule has 0 bridgehead atoms. The van der Waals surface area contributed by atoms with Crippen molar-refractivity contribution in [1.82, 2.24) is 4.98 Å². The number of pyridine rings is 1. The molecule has 0 aliphatic carbocycles. The van der Waals surface area contributed by atoms with E-state index < -0.39 is 0 Å². The van der Waals surface area contributed by atoms with Gasteiger partial charge in [-0.3, -0.25) is 0 Å². The van der Waals surface area contributed by atoms with Crippen LogP contribution in [-0.2, 0) is 0 Å². The number of fused-ring (bicyclic) bond motifs is 1. The summed E-state index contributed by atoms with van der Waals surface area (Å²) in [5, 5.41) is 11.6. The van der Waals surface area contributed by atoms with Gasteiger partial charge in [0.2, 0.25) is 0 Å². The van der Waals surface area contributed by atoms with Crippen molar-refractivity contribution in [2.75, 3.05) is 6.61 Å². The maximum absolute atomic E-state index is 8.55. The average molecular weight is 189 g/mol. The van der Waals surface area contributed by atoms with Crippen LogP contribution in [0, 0.1) is 11.8 Å². The third-order valence-corrected chi connectivity index (χ3v) is 2.55. The van der Waals surface area contributed by atoms with Crippen LogP contribution in [0.3, 0.4) is 0 Å². The van der Waals surface area contributed by atoms with E-state index in [1.807, 2.05) is 17.5 Å². The smallest absolute Gasteiger partial charge is 0.121 e. The van der Waals surface area contributed by atoms with E-state index in [1.54, 1.807) is 17.5 Å². The molecule has 2 aromatic rings. The minimum Gasteiger partial charge on any atom is -0.384 e. The van der Waals surface area contributed by atoms with Crippen LogP contribution in [0.25, 0.3) is 10.1 Å². The topological polar surface area (TPSA) is 33.1 Å². The fourth-order valence-electron chi connectivity index (χ4n) is 1.12. The standard InChI is InChI=1S/C10H7NOS/c12-6-1-2-9-8-4-7-13-10(8)3-5-11-9/h3-5,7,12H,6H2. The normalized spacial score (nSPS) is 9.62. The fraction of sp³-hybridized carbons (Fsp3) is 0.100. The van der Waals surface area contributed by atoms with E-state index in [9.17, 15) is 0 Å². The van der Waals surface area contributed by atoms with Crippen LogP contribution in [-0.4, -0.2) is 16.7 Å². The largest absolute Gasteiger partial charge is 0.384 e. The maximum atomic E-state index is 8.55. The van der Waals surface area contributed by atoms with E-state index in [-0.39, 0.29) is 6.61 Å². The van der Waals surface area contributed by atoms with Crippen LogP contribution in [0.5, 0.6) is 0 Å². The van der Waals surface area contributed by atoms with Crippen LogP contribution in [0.15, 0.2) is 23.7 Å². The zero-order chi connectivity index (χ0) is 9.10. The van der Waals surface area contributed by atoms with Crippen LogP contribution in [0.2, 0.25) is 0 Å². The Kier molecular flexibility index (Phi) is 2.26. The fourth-order valence-corrected chi connectivity index (χ4v) is 1.90. The molecule has 0 spiro atoms. The highest BCUT2D eigenvalue weighted by Gasteiger charge is 1.98. The van der Waals surface area contributed by atoms with Crippen LogP contribution >= 0.6 is 11.3 Å². The summed E-state index contributed by atoms with van der Waals surface area (Å²) < 4.78 is 1.18. The number of aromatic nitrogens is 1. The maximum Gasteiger partial charge on any atom is 0.121 e. The monoisotopic (exact) mass is 189 g/mol. The number of rotatable bonds is 0. The Morgan fingerprint density at radius 1 is 1.46 bits per heavy atom. The average Bonchev–Trinajstić information content (AvgIpc) is 2.62. The summed E-state index contributed by atoms with van der Waals surface area (Å²) in [5.41, 5.74) is 0.743. The summed E-state index contributed by atoms with van der Waals surface area (Å²) in [6.07, 6.45) is 1.74. The second-order valence-electron chi connectivity index (χ2n) is 2.45. The predicted octanol–water partition coefficient (Wildman–Crippen LogP) is 1.64. The molecule has 0 aliphatic rings. The van der Waals surface area contributed by atoms with Gasteiger partial charge in [0.15, 0.2) is 0 Å². The Bertz CT molecular complexity index is 478.